The third-order valence-electron chi connectivity index (χ3n) is 2.78. The number of rotatable bonds is 5. The summed E-state index contributed by atoms with van der Waals surface area (Å²) < 4.78 is 32.3. The summed E-state index contributed by atoms with van der Waals surface area (Å²) in [4.78, 5) is 0.0972. The Morgan fingerprint density at radius 3 is 2.18 bits per heavy atom. The number of anilines is 2. The largest absolute Gasteiger partial charge is 0.494 e. The molecule has 0 aliphatic carbocycles. The van der Waals surface area contributed by atoms with Crippen molar-refractivity contribution in [2.75, 3.05) is 17.1 Å². The van der Waals surface area contributed by atoms with Gasteiger partial charge in [-0.15, -0.1) is 0 Å². The Kier molecular flexibility index (Phi) is 5.05. The molecule has 2 rings (SSSR count). The van der Waals surface area contributed by atoms with Gasteiger partial charge in [-0.2, -0.15) is 0 Å². The van der Waals surface area contributed by atoms with Crippen molar-refractivity contribution in [3.63, 3.8) is 0 Å². The standard InChI is InChI=1S/C14H14Cl2N2O3S/c1-2-21-10-3-5-11(6-4-10)22(19,20)18-9-7-12(15)14(17)13(16)8-9/h3-8,18H,2,17H2,1H3. The summed E-state index contributed by atoms with van der Waals surface area (Å²) in [6, 6.07) is 8.87. The number of nitrogen functional groups attached to an aromatic ring is 1. The molecule has 0 amide bonds. The lowest BCUT2D eigenvalue weighted by Crippen LogP contribution is -2.13. The SMILES string of the molecule is CCOc1ccc(S(=O)(=O)Nc2cc(Cl)c(N)c(Cl)c2)cc1. The van der Waals surface area contributed by atoms with Crippen LogP contribution in [-0.2, 0) is 10.0 Å². The Morgan fingerprint density at radius 2 is 1.68 bits per heavy atom. The number of nitrogens with one attached hydrogen (secondary N) is 1. The van der Waals surface area contributed by atoms with Gasteiger partial charge in [0.2, 0.25) is 0 Å². The van der Waals surface area contributed by atoms with Crippen molar-refractivity contribution in [1.82, 2.24) is 0 Å². The first-order valence-electron chi connectivity index (χ1n) is 6.33. The average molecular weight is 361 g/mol. The van der Waals surface area contributed by atoms with Crippen molar-refractivity contribution >= 4 is 44.6 Å². The van der Waals surface area contributed by atoms with Crippen LogP contribution in [0.15, 0.2) is 41.3 Å². The molecular formula is C14H14Cl2N2O3S. The summed E-state index contributed by atoms with van der Waals surface area (Å²) in [6.45, 7) is 2.35. The van der Waals surface area contributed by atoms with Gasteiger partial charge in [-0.05, 0) is 43.3 Å². The molecule has 2 aromatic carbocycles. The second kappa shape index (κ2) is 6.64. The van der Waals surface area contributed by atoms with E-state index in [4.69, 9.17) is 33.7 Å². The minimum Gasteiger partial charge on any atom is -0.494 e. The summed E-state index contributed by atoms with van der Waals surface area (Å²) in [5.74, 6) is 0.597. The second-order valence-electron chi connectivity index (χ2n) is 4.36. The van der Waals surface area contributed by atoms with Gasteiger partial charge in [0, 0.05) is 0 Å². The fourth-order valence-corrected chi connectivity index (χ4v) is 3.27. The number of nitrogens with two attached hydrogens (primary N) is 1. The van der Waals surface area contributed by atoms with E-state index in [1.54, 1.807) is 12.1 Å². The first kappa shape index (κ1) is 16.7. The Labute approximate surface area is 139 Å². The predicted molar refractivity (Wildman–Crippen MR) is 89.3 cm³/mol. The highest BCUT2D eigenvalue weighted by Gasteiger charge is 2.16. The lowest BCUT2D eigenvalue weighted by molar-refractivity contribution is 0.340. The van der Waals surface area contributed by atoms with Crippen LogP contribution < -0.4 is 15.2 Å². The summed E-state index contributed by atoms with van der Waals surface area (Å²) in [5, 5.41) is 0.355. The lowest BCUT2D eigenvalue weighted by atomic mass is 10.3. The Bertz CT molecular complexity index is 754. The van der Waals surface area contributed by atoms with Crippen molar-refractivity contribution in [1.29, 1.82) is 0 Å². The van der Waals surface area contributed by atoms with E-state index in [9.17, 15) is 8.42 Å². The van der Waals surface area contributed by atoms with E-state index in [1.165, 1.54) is 24.3 Å². The van der Waals surface area contributed by atoms with Gasteiger partial charge in [0.15, 0.2) is 0 Å². The van der Waals surface area contributed by atoms with Gasteiger partial charge in [-0.25, -0.2) is 8.42 Å². The van der Waals surface area contributed by atoms with E-state index in [-0.39, 0.29) is 26.3 Å². The molecule has 8 heteroatoms. The van der Waals surface area contributed by atoms with E-state index < -0.39 is 10.0 Å². The first-order chi connectivity index (χ1) is 10.3. The van der Waals surface area contributed by atoms with E-state index >= 15 is 0 Å². The van der Waals surface area contributed by atoms with E-state index in [0.717, 1.165) is 0 Å². The van der Waals surface area contributed by atoms with Crippen LogP contribution in [0.4, 0.5) is 11.4 Å². The van der Waals surface area contributed by atoms with Crippen LogP contribution in [0.3, 0.4) is 0 Å². The molecule has 3 N–H and O–H groups in total. The van der Waals surface area contributed by atoms with Gasteiger partial charge in [0.1, 0.15) is 5.75 Å². The quantitative estimate of drug-likeness (QED) is 0.795. The Hall–Kier alpha value is -1.63. The summed E-state index contributed by atoms with van der Waals surface area (Å²) >= 11 is 11.8. The second-order valence-corrected chi connectivity index (χ2v) is 6.86. The van der Waals surface area contributed by atoms with Gasteiger partial charge in [0.25, 0.3) is 10.0 Å². The van der Waals surface area contributed by atoms with Crippen molar-refractivity contribution < 1.29 is 13.2 Å². The summed E-state index contributed by atoms with van der Waals surface area (Å²) in [5.41, 5.74) is 6.05. The van der Waals surface area contributed by atoms with E-state index in [0.29, 0.717) is 12.4 Å². The van der Waals surface area contributed by atoms with Crippen molar-refractivity contribution in [3.05, 3.63) is 46.4 Å². The average Bonchev–Trinajstić information content (AvgIpc) is 2.45. The van der Waals surface area contributed by atoms with Gasteiger partial charge in [0.05, 0.1) is 32.9 Å². The number of ether oxygens (including phenoxy) is 1. The maximum Gasteiger partial charge on any atom is 0.261 e. The van der Waals surface area contributed by atoms with E-state index in [1.807, 2.05) is 6.92 Å². The highest BCUT2D eigenvalue weighted by molar-refractivity contribution is 7.92. The molecule has 0 unspecified atom stereocenters. The van der Waals surface area contributed by atoms with Gasteiger partial charge in [-0.3, -0.25) is 4.72 Å². The summed E-state index contributed by atoms with van der Waals surface area (Å²) in [7, 11) is -3.76. The maximum atomic E-state index is 12.3. The highest BCUT2D eigenvalue weighted by atomic mass is 35.5. The van der Waals surface area contributed by atoms with Crippen LogP contribution in [-0.4, -0.2) is 15.0 Å². The van der Waals surface area contributed by atoms with Crippen LogP contribution >= 0.6 is 23.2 Å². The number of hydrogen-bond donors (Lipinski definition) is 2. The van der Waals surface area contributed by atoms with Gasteiger partial charge in [-0.1, -0.05) is 23.2 Å². The molecule has 0 heterocycles. The fraction of sp³-hybridized carbons (Fsp3) is 0.143. The van der Waals surface area contributed by atoms with Crippen molar-refractivity contribution in [2.45, 2.75) is 11.8 Å². The lowest BCUT2D eigenvalue weighted by Gasteiger charge is -2.11. The number of hydrogen-bond acceptors (Lipinski definition) is 4. The monoisotopic (exact) mass is 360 g/mol. The molecular weight excluding hydrogens is 347 g/mol. The zero-order valence-corrected chi connectivity index (χ0v) is 14.0. The Morgan fingerprint density at radius 1 is 1.14 bits per heavy atom. The number of benzene rings is 2. The normalized spacial score (nSPS) is 11.2. The topological polar surface area (TPSA) is 81.4 Å². The van der Waals surface area contributed by atoms with Crippen LogP contribution in [0.2, 0.25) is 10.0 Å². The van der Waals surface area contributed by atoms with Crippen LogP contribution in [0.25, 0.3) is 0 Å². The van der Waals surface area contributed by atoms with Crippen molar-refractivity contribution in [3.8, 4) is 5.75 Å². The molecule has 2 aromatic rings. The molecule has 0 fully saturated rings. The third kappa shape index (κ3) is 3.76. The molecule has 5 nitrogen and oxygen atoms in total. The predicted octanol–water partition coefficient (Wildman–Crippen LogP) is 3.78. The molecule has 0 aromatic heterocycles. The zero-order chi connectivity index (χ0) is 16.3. The van der Waals surface area contributed by atoms with E-state index in [2.05, 4.69) is 4.72 Å². The molecule has 118 valence electrons. The van der Waals surface area contributed by atoms with Crippen molar-refractivity contribution in [2.24, 2.45) is 0 Å². The fourth-order valence-electron chi connectivity index (χ4n) is 1.74. The number of halogens is 2. The molecule has 0 saturated carbocycles. The Balaban J connectivity index is 2.27. The molecule has 0 aliphatic heterocycles. The van der Waals surface area contributed by atoms with Crippen LogP contribution in [0.1, 0.15) is 6.92 Å². The number of sulfonamides is 1. The molecule has 0 bridgehead atoms. The minimum absolute atomic E-state index is 0.0972. The zero-order valence-electron chi connectivity index (χ0n) is 11.6. The first-order valence-corrected chi connectivity index (χ1v) is 8.57. The summed E-state index contributed by atoms with van der Waals surface area (Å²) in [6.07, 6.45) is 0. The molecule has 0 radical (unpaired) electrons. The maximum absolute atomic E-state index is 12.3. The minimum atomic E-state index is -3.76. The smallest absolute Gasteiger partial charge is 0.261 e. The highest BCUT2D eigenvalue weighted by Crippen LogP contribution is 2.32. The molecule has 22 heavy (non-hydrogen) atoms. The molecule has 0 aliphatic rings. The van der Waals surface area contributed by atoms with Crippen LogP contribution in [0, 0.1) is 0 Å². The van der Waals surface area contributed by atoms with Crippen LogP contribution in [0.5, 0.6) is 5.75 Å². The third-order valence-corrected chi connectivity index (χ3v) is 4.80. The van der Waals surface area contributed by atoms with Gasteiger partial charge < -0.3 is 10.5 Å². The van der Waals surface area contributed by atoms with Gasteiger partial charge >= 0.3 is 0 Å². The molecule has 0 saturated heterocycles. The molecule has 0 spiro atoms. The molecule has 0 atom stereocenters.